The standard InChI is InChI=1S/C12H21NO/c1-7(2)9(4)12(13)11-6-8(3)10(5)14-11/h6-7,9,12H,13H2,1-5H3. The van der Waals surface area contributed by atoms with E-state index >= 15 is 0 Å². The molecule has 2 unspecified atom stereocenters. The molecule has 80 valence electrons. The van der Waals surface area contributed by atoms with Gasteiger partial charge in [0.1, 0.15) is 11.5 Å². The molecule has 0 aliphatic carbocycles. The summed E-state index contributed by atoms with van der Waals surface area (Å²) in [5, 5.41) is 0. The van der Waals surface area contributed by atoms with E-state index in [-0.39, 0.29) is 6.04 Å². The highest BCUT2D eigenvalue weighted by atomic mass is 16.3. The van der Waals surface area contributed by atoms with Gasteiger partial charge in [-0.1, -0.05) is 20.8 Å². The number of furan rings is 1. The Morgan fingerprint density at radius 1 is 1.21 bits per heavy atom. The monoisotopic (exact) mass is 195 g/mol. The molecule has 0 fully saturated rings. The zero-order valence-electron chi connectivity index (χ0n) is 9.79. The van der Waals surface area contributed by atoms with E-state index in [9.17, 15) is 0 Å². The number of rotatable bonds is 3. The van der Waals surface area contributed by atoms with Gasteiger partial charge in [0, 0.05) is 0 Å². The first-order valence-electron chi connectivity index (χ1n) is 5.26. The summed E-state index contributed by atoms with van der Waals surface area (Å²) in [5.41, 5.74) is 7.31. The van der Waals surface area contributed by atoms with Crippen LogP contribution in [0.5, 0.6) is 0 Å². The van der Waals surface area contributed by atoms with Crippen LogP contribution < -0.4 is 5.73 Å². The van der Waals surface area contributed by atoms with Crippen LogP contribution in [0.4, 0.5) is 0 Å². The van der Waals surface area contributed by atoms with Crippen molar-refractivity contribution in [3.8, 4) is 0 Å². The minimum Gasteiger partial charge on any atom is -0.464 e. The molecular formula is C12H21NO. The maximum Gasteiger partial charge on any atom is 0.121 e. The van der Waals surface area contributed by atoms with Gasteiger partial charge in [-0.05, 0) is 37.3 Å². The van der Waals surface area contributed by atoms with Gasteiger partial charge < -0.3 is 10.2 Å². The van der Waals surface area contributed by atoms with Crippen LogP contribution in [0.25, 0.3) is 0 Å². The molecule has 1 aromatic rings. The lowest BCUT2D eigenvalue weighted by molar-refractivity contribution is 0.308. The minimum absolute atomic E-state index is 0.0161. The third kappa shape index (κ3) is 2.18. The van der Waals surface area contributed by atoms with Gasteiger partial charge in [0.15, 0.2) is 0 Å². The second kappa shape index (κ2) is 4.18. The second-order valence-corrected chi connectivity index (χ2v) is 4.52. The molecule has 0 radical (unpaired) electrons. The number of hydrogen-bond acceptors (Lipinski definition) is 2. The predicted octanol–water partition coefficient (Wildman–Crippen LogP) is 3.19. The van der Waals surface area contributed by atoms with Crippen molar-refractivity contribution in [2.45, 2.75) is 40.7 Å². The Morgan fingerprint density at radius 2 is 1.79 bits per heavy atom. The van der Waals surface area contributed by atoms with Gasteiger partial charge in [-0.3, -0.25) is 0 Å². The third-order valence-corrected chi connectivity index (χ3v) is 3.13. The lowest BCUT2D eigenvalue weighted by Gasteiger charge is -2.21. The Labute approximate surface area is 86.5 Å². The van der Waals surface area contributed by atoms with Crippen molar-refractivity contribution in [1.29, 1.82) is 0 Å². The van der Waals surface area contributed by atoms with E-state index < -0.39 is 0 Å². The first-order valence-corrected chi connectivity index (χ1v) is 5.26. The second-order valence-electron chi connectivity index (χ2n) is 4.52. The van der Waals surface area contributed by atoms with Gasteiger partial charge in [0.2, 0.25) is 0 Å². The Morgan fingerprint density at radius 3 is 2.14 bits per heavy atom. The zero-order valence-corrected chi connectivity index (χ0v) is 9.79. The van der Waals surface area contributed by atoms with E-state index in [0.29, 0.717) is 11.8 Å². The molecule has 1 rings (SSSR count). The highest BCUT2D eigenvalue weighted by Crippen LogP contribution is 2.28. The molecule has 2 N–H and O–H groups in total. The highest BCUT2D eigenvalue weighted by Gasteiger charge is 2.21. The van der Waals surface area contributed by atoms with Crippen molar-refractivity contribution in [1.82, 2.24) is 0 Å². The molecule has 0 amide bonds. The highest BCUT2D eigenvalue weighted by molar-refractivity contribution is 5.20. The van der Waals surface area contributed by atoms with Crippen molar-refractivity contribution in [2.24, 2.45) is 17.6 Å². The lowest BCUT2D eigenvalue weighted by Crippen LogP contribution is -2.22. The summed E-state index contributed by atoms with van der Waals surface area (Å²) in [6.07, 6.45) is 0. The van der Waals surface area contributed by atoms with E-state index in [1.54, 1.807) is 0 Å². The first kappa shape index (κ1) is 11.3. The molecule has 2 nitrogen and oxygen atoms in total. The van der Waals surface area contributed by atoms with Gasteiger partial charge >= 0.3 is 0 Å². The average molecular weight is 195 g/mol. The SMILES string of the molecule is Cc1cc(C(N)C(C)C(C)C)oc1C. The first-order chi connectivity index (χ1) is 6.43. The van der Waals surface area contributed by atoms with Crippen molar-refractivity contribution >= 4 is 0 Å². The van der Waals surface area contributed by atoms with Crippen molar-refractivity contribution in [2.75, 3.05) is 0 Å². The molecule has 14 heavy (non-hydrogen) atoms. The molecule has 2 atom stereocenters. The molecule has 0 bridgehead atoms. The van der Waals surface area contributed by atoms with Gasteiger partial charge in [-0.25, -0.2) is 0 Å². The largest absolute Gasteiger partial charge is 0.464 e. The number of hydrogen-bond donors (Lipinski definition) is 1. The molecule has 2 heteroatoms. The zero-order chi connectivity index (χ0) is 10.9. The molecular weight excluding hydrogens is 174 g/mol. The molecule has 0 aliphatic rings. The van der Waals surface area contributed by atoms with Crippen LogP contribution >= 0.6 is 0 Å². The fourth-order valence-corrected chi connectivity index (χ4v) is 1.44. The maximum atomic E-state index is 6.13. The van der Waals surface area contributed by atoms with Crippen LogP contribution in [0.3, 0.4) is 0 Å². The summed E-state index contributed by atoms with van der Waals surface area (Å²) in [7, 11) is 0. The number of nitrogens with two attached hydrogens (primary N) is 1. The summed E-state index contributed by atoms with van der Waals surface area (Å²) >= 11 is 0. The Bertz CT molecular complexity index is 282. The van der Waals surface area contributed by atoms with Gasteiger partial charge in [0.25, 0.3) is 0 Å². The van der Waals surface area contributed by atoms with Crippen LogP contribution in [0, 0.1) is 25.7 Å². The predicted molar refractivity (Wildman–Crippen MR) is 59.1 cm³/mol. The Balaban J connectivity index is 2.83. The van der Waals surface area contributed by atoms with E-state index in [0.717, 1.165) is 11.5 Å². The molecule has 0 aromatic carbocycles. The fraction of sp³-hybridized carbons (Fsp3) is 0.667. The summed E-state index contributed by atoms with van der Waals surface area (Å²) in [5.74, 6) is 2.92. The van der Waals surface area contributed by atoms with Crippen molar-refractivity contribution in [3.63, 3.8) is 0 Å². The van der Waals surface area contributed by atoms with Crippen LogP contribution in [-0.4, -0.2) is 0 Å². The Kier molecular flexibility index (Phi) is 3.38. The van der Waals surface area contributed by atoms with Gasteiger partial charge in [0.05, 0.1) is 6.04 Å². The number of aryl methyl sites for hydroxylation is 2. The summed E-state index contributed by atoms with van der Waals surface area (Å²) in [6.45, 7) is 10.6. The van der Waals surface area contributed by atoms with Crippen LogP contribution in [0.2, 0.25) is 0 Å². The molecule has 1 aromatic heterocycles. The normalized spacial score (nSPS) is 15.9. The van der Waals surface area contributed by atoms with Gasteiger partial charge in [-0.15, -0.1) is 0 Å². The van der Waals surface area contributed by atoms with E-state index in [4.69, 9.17) is 10.2 Å². The maximum absolute atomic E-state index is 6.13. The molecule has 1 heterocycles. The van der Waals surface area contributed by atoms with E-state index in [1.165, 1.54) is 5.56 Å². The topological polar surface area (TPSA) is 39.2 Å². The quantitative estimate of drug-likeness (QED) is 0.804. The van der Waals surface area contributed by atoms with E-state index in [1.807, 2.05) is 6.92 Å². The van der Waals surface area contributed by atoms with Crippen LogP contribution in [0.1, 0.15) is 43.9 Å². The fourth-order valence-electron chi connectivity index (χ4n) is 1.44. The average Bonchev–Trinajstić information content (AvgIpc) is 2.44. The summed E-state index contributed by atoms with van der Waals surface area (Å²) < 4.78 is 5.62. The minimum atomic E-state index is 0.0161. The van der Waals surface area contributed by atoms with Crippen LogP contribution in [0.15, 0.2) is 10.5 Å². The van der Waals surface area contributed by atoms with Gasteiger partial charge in [-0.2, -0.15) is 0 Å². The molecule has 0 aliphatic heterocycles. The third-order valence-electron chi connectivity index (χ3n) is 3.13. The summed E-state index contributed by atoms with van der Waals surface area (Å²) in [6, 6.07) is 2.07. The Hall–Kier alpha value is -0.760. The smallest absolute Gasteiger partial charge is 0.121 e. The lowest BCUT2D eigenvalue weighted by atomic mass is 9.89. The van der Waals surface area contributed by atoms with Crippen molar-refractivity contribution in [3.05, 3.63) is 23.2 Å². The van der Waals surface area contributed by atoms with E-state index in [2.05, 4.69) is 33.8 Å². The summed E-state index contributed by atoms with van der Waals surface area (Å²) in [4.78, 5) is 0. The van der Waals surface area contributed by atoms with Crippen LogP contribution in [-0.2, 0) is 0 Å². The molecule has 0 saturated carbocycles. The van der Waals surface area contributed by atoms with Crippen molar-refractivity contribution < 1.29 is 4.42 Å². The molecule has 0 spiro atoms. The molecule has 0 saturated heterocycles.